The summed E-state index contributed by atoms with van der Waals surface area (Å²) in [5.74, 6) is 0. The first-order valence-electron chi connectivity index (χ1n) is 1.95. The minimum atomic E-state index is -1.83. The summed E-state index contributed by atoms with van der Waals surface area (Å²) in [6.07, 6.45) is -5.50. The topological polar surface area (TPSA) is 173 Å². The molecule has 0 fully saturated rings. The molecular weight excluding hydrogens is 343 g/mol. The quantitative estimate of drug-likeness (QED) is 0.367. The maximum Gasteiger partial charge on any atom is 0.503 e. The molecule has 82 valence electrons. The Morgan fingerprint density at radius 1 is 0.538 bits per heavy atom. The Balaban J connectivity index is -0.0000000450. The number of hydrogen-bond acceptors (Lipinski definition) is 3. The van der Waals surface area contributed by atoms with Crippen LogP contribution < -0.4 is 0 Å². The van der Waals surface area contributed by atoms with E-state index in [-0.39, 0.29) is 38.2 Å². The fraction of sp³-hybridized carbons (Fsp3) is 0. The van der Waals surface area contributed by atoms with Crippen LogP contribution in [0.3, 0.4) is 0 Å². The molecule has 13 heavy (non-hydrogen) atoms. The second kappa shape index (κ2) is 17.2. The van der Waals surface area contributed by atoms with Crippen LogP contribution >= 0.6 is 0 Å². The van der Waals surface area contributed by atoms with E-state index < -0.39 is 18.5 Å². The summed E-state index contributed by atoms with van der Waals surface area (Å²) in [5, 5.41) is 41.8. The van der Waals surface area contributed by atoms with E-state index in [1.54, 1.807) is 0 Å². The van der Waals surface area contributed by atoms with Crippen LogP contribution in [-0.2, 0) is 0 Å². The number of carbonyl (C=O) groups is 3. The largest absolute Gasteiger partial charge is 0.503 e. The van der Waals surface area contributed by atoms with Crippen molar-refractivity contribution in [3.63, 3.8) is 0 Å². The molecule has 0 unspecified atom stereocenters. The predicted octanol–water partition coefficient (Wildman–Crippen LogP) is 0.667. The zero-order valence-corrected chi connectivity index (χ0v) is 7.75. The van der Waals surface area contributed by atoms with Gasteiger partial charge in [0.15, 0.2) is 0 Å². The van der Waals surface area contributed by atoms with Crippen LogP contribution in [0, 0.1) is 38.2 Å². The smallest absolute Gasteiger partial charge is 0.450 e. The fourth-order valence-corrected chi connectivity index (χ4v) is 0. The summed E-state index contributed by atoms with van der Waals surface area (Å²) in [6.45, 7) is 0. The van der Waals surface area contributed by atoms with Gasteiger partial charge >= 0.3 is 18.5 Å². The Kier molecular flexibility index (Phi) is 30.1. The number of rotatable bonds is 0. The summed E-state index contributed by atoms with van der Waals surface area (Å²) >= 11 is 0. The molecule has 0 aliphatic rings. The monoisotopic (exact) mass is 350 g/mol. The first-order chi connectivity index (χ1) is 5.20. The van der Waals surface area contributed by atoms with Gasteiger partial charge in [-0.25, -0.2) is 14.4 Å². The van der Waals surface area contributed by atoms with Crippen LogP contribution in [0.15, 0.2) is 0 Å². The minimum Gasteiger partial charge on any atom is -0.450 e. The molecule has 0 saturated heterocycles. The molecule has 0 atom stereocenters. The Morgan fingerprint density at radius 2 is 0.538 bits per heavy atom. The molecule has 9 nitrogen and oxygen atoms in total. The molecule has 0 aromatic rings. The Labute approximate surface area is 101 Å². The molecule has 0 saturated carbocycles. The SMILES string of the molecule is O=C(O)O.O=C(O)O.O=C(O)O.[Dy]. The zero-order chi connectivity index (χ0) is 10.7. The molecule has 0 rings (SSSR count). The molecule has 10 heteroatoms. The van der Waals surface area contributed by atoms with Gasteiger partial charge in [0.05, 0.1) is 0 Å². The zero-order valence-electron chi connectivity index (χ0n) is 5.72. The second-order valence-electron chi connectivity index (χ2n) is 0.848. The van der Waals surface area contributed by atoms with Crippen LogP contribution in [0.5, 0.6) is 0 Å². The van der Waals surface area contributed by atoms with E-state index in [1.807, 2.05) is 0 Å². The molecule has 0 amide bonds. The maximum absolute atomic E-state index is 8.56. The fourth-order valence-electron chi connectivity index (χ4n) is 0. The third-order valence-electron chi connectivity index (χ3n) is 0. The maximum atomic E-state index is 8.56. The molecule has 0 radical (unpaired) electrons. The van der Waals surface area contributed by atoms with E-state index in [1.165, 1.54) is 0 Å². The van der Waals surface area contributed by atoms with Crippen molar-refractivity contribution in [3.8, 4) is 0 Å². The average Bonchev–Trinajstić information content (AvgIpc) is 1.54. The van der Waals surface area contributed by atoms with Crippen molar-refractivity contribution < 1.29 is 83.2 Å². The van der Waals surface area contributed by atoms with Crippen LogP contribution in [0.2, 0.25) is 0 Å². The van der Waals surface area contributed by atoms with Gasteiger partial charge in [-0.3, -0.25) is 0 Å². The molecule has 0 aliphatic carbocycles. The standard InChI is InChI=1S/3CH2O3.Dy/c3*2-1(3)4;/h3*(H2,2,3,4);. The van der Waals surface area contributed by atoms with Crippen LogP contribution in [0.4, 0.5) is 14.4 Å². The van der Waals surface area contributed by atoms with E-state index in [0.717, 1.165) is 0 Å². The first kappa shape index (κ1) is 22.7. The van der Waals surface area contributed by atoms with Gasteiger partial charge in [0.1, 0.15) is 0 Å². The Hall–Kier alpha value is -0.917. The van der Waals surface area contributed by atoms with Gasteiger partial charge in [-0.15, -0.1) is 0 Å². The van der Waals surface area contributed by atoms with E-state index in [4.69, 9.17) is 45.0 Å². The predicted molar refractivity (Wildman–Crippen MR) is 32.0 cm³/mol. The van der Waals surface area contributed by atoms with Gasteiger partial charge in [0.2, 0.25) is 0 Å². The number of carboxylic acid groups (broad SMARTS) is 6. The van der Waals surface area contributed by atoms with Crippen molar-refractivity contribution in [1.29, 1.82) is 0 Å². The summed E-state index contributed by atoms with van der Waals surface area (Å²) in [7, 11) is 0. The third-order valence-corrected chi connectivity index (χ3v) is 0. The van der Waals surface area contributed by atoms with Crippen LogP contribution in [0.1, 0.15) is 0 Å². The Morgan fingerprint density at radius 3 is 0.538 bits per heavy atom. The summed E-state index contributed by atoms with van der Waals surface area (Å²) < 4.78 is 0. The average molecular weight is 349 g/mol. The van der Waals surface area contributed by atoms with Gasteiger partial charge in [0, 0.05) is 38.2 Å². The Bertz CT molecular complexity index is 112. The first-order valence-corrected chi connectivity index (χ1v) is 1.95. The second-order valence-corrected chi connectivity index (χ2v) is 0.848. The van der Waals surface area contributed by atoms with Gasteiger partial charge in [-0.2, -0.15) is 0 Å². The van der Waals surface area contributed by atoms with E-state index >= 15 is 0 Å². The van der Waals surface area contributed by atoms with Crippen molar-refractivity contribution in [2.75, 3.05) is 0 Å². The minimum absolute atomic E-state index is 0. The third kappa shape index (κ3) is 1090. The van der Waals surface area contributed by atoms with E-state index in [0.29, 0.717) is 0 Å². The normalized spacial score (nSPS) is 5.54. The molecule has 0 heterocycles. The van der Waals surface area contributed by atoms with Crippen LogP contribution in [0.25, 0.3) is 0 Å². The molecule has 0 spiro atoms. The van der Waals surface area contributed by atoms with Gasteiger partial charge in [-0.1, -0.05) is 0 Å². The molecule has 0 bridgehead atoms. The van der Waals surface area contributed by atoms with Gasteiger partial charge in [-0.05, 0) is 0 Å². The van der Waals surface area contributed by atoms with Crippen molar-refractivity contribution >= 4 is 18.5 Å². The van der Waals surface area contributed by atoms with Crippen LogP contribution in [-0.4, -0.2) is 49.1 Å². The molecule has 6 N–H and O–H groups in total. The summed E-state index contributed by atoms with van der Waals surface area (Å²) in [4.78, 5) is 25.7. The van der Waals surface area contributed by atoms with Crippen molar-refractivity contribution in [2.45, 2.75) is 0 Å². The molecule has 0 aromatic carbocycles. The van der Waals surface area contributed by atoms with Crippen molar-refractivity contribution in [2.24, 2.45) is 0 Å². The summed E-state index contributed by atoms with van der Waals surface area (Å²) in [5.41, 5.74) is 0. The van der Waals surface area contributed by atoms with Crippen molar-refractivity contribution in [3.05, 3.63) is 0 Å². The number of hydrogen-bond donors (Lipinski definition) is 6. The van der Waals surface area contributed by atoms with Gasteiger partial charge < -0.3 is 30.6 Å². The van der Waals surface area contributed by atoms with E-state index in [9.17, 15) is 0 Å². The van der Waals surface area contributed by atoms with Crippen molar-refractivity contribution in [1.82, 2.24) is 0 Å². The molecular formula is C3H6DyO9. The van der Waals surface area contributed by atoms with Gasteiger partial charge in [0.25, 0.3) is 0 Å². The summed E-state index contributed by atoms with van der Waals surface area (Å²) in [6, 6.07) is 0. The molecule has 0 aromatic heterocycles. The van der Waals surface area contributed by atoms with E-state index in [2.05, 4.69) is 0 Å². The molecule has 0 aliphatic heterocycles.